The van der Waals surface area contributed by atoms with Crippen LogP contribution >= 0.6 is 0 Å². The van der Waals surface area contributed by atoms with Crippen molar-refractivity contribution >= 4 is 22.5 Å². The molecule has 0 aliphatic heterocycles. The molecule has 4 heteroatoms. The monoisotopic (exact) mass is 359 g/mol. The van der Waals surface area contributed by atoms with E-state index in [0.717, 1.165) is 18.7 Å². The van der Waals surface area contributed by atoms with Crippen LogP contribution in [0.15, 0.2) is 60.8 Å². The molecule has 3 aromatic rings. The van der Waals surface area contributed by atoms with Crippen LogP contribution in [-0.2, 0) is 11.3 Å². The number of hydrogen-bond acceptors (Lipinski definition) is 3. The van der Waals surface area contributed by atoms with Gasteiger partial charge < -0.3 is 5.32 Å². The van der Waals surface area contributed by atoms with Crippen molar-refractivity contribution in [2.45, 2.75) is 38.8 Å². The summed E-state index contributed by atoms with van der Waals surface area (Å²) in [6, 6.07) is 19.4. The number of pyridine rings is 1. The molecule has 0 saturated heterocycles. The summed E-state index contributed by atoms with van der Waals surface area (Å²) >= 11 is 0. The number of benzene rings is 2. The number of carbonyl (C=O) groups excluding carboxylic acids is 1. The molecular formula is C23H25N3O. The highest BCUT2D eigenvalue weighted by atomic mass is 16.1. The number of fused-ring (bicyclic) bond motifs is 1. The highest BCUT2D eigenvalue weighted by Crippen LogP contribution is 2.30. The van der Waals surface area contributed by atoms with Crippen LogP contribution in [0.3, 0.4) is 0 Å². The molecule has 138 valence electrons. The van der Waals surface area contributed by atoms with Gasteiger partial charge in [0.1, 0.15) is 5.82 Å². The van der Waals surface area contributed by atoms with Crippen molar-refractivity contribution in [3.05, 3.63) is 71.9 Å². The van der Waals surface area contributed by atoms with Crippen molar-refractivity contribution in [3.8, 4) is 0 Å². The molecule has 4 nitrogen and oxygen atoms in total. The third kappa shape index (κ3) is 4.34. The van der Waals surface area contributed by atoms with Crippen molar-refractivity contribution in [2.75, 3.05) is 11.9 Å². The molecule has 4 rings (SSSR count). The van der Waals surface area contributed by atoms with Crippen LogP contribution in [0.1, 0.15) is 30.4 Å². The Balaban J connectivity index is 1.41. The molecule has 0 unspecified atom stereocenters. The Bertz CT molecular complexity index is 944. The summed E-state index contributed by atoms with van der Waals surface area (Å²) in [4.78, 5) is 19.1. The summed E-state index contributed by atoms with van der Waals surface area (Å²) in [5.74, 6) is 0.690. The van der Waals surface area contributed by atoms with E-state index < -0.39 is 0 Å². The van der Waals surface area contributed by atoms with Gasteiger partial charge in [0, 0.05) is 31.7 Å². The number of nitrogens with zero attached hydrogens (tertiary/aromatic N) is 2. The van der Waals surface area contributed by atoms with Gasteiger partial charge in [0.05, 0.1) is 0 Å². The lowest BCUT2D eigenvalue weighted by Crippen LogP contribution is -2.29. The van der Waals surface area contributed by atoms with Crippen LogP contribution in [0.5, 0.6) is 0 Å². The summed E-state index contributed by atoms with van der Waals surface area (Å²) in [7, 11) is 0. The summed E-state index contributed by atoms with van der Waals surface area (Å²) in [6.45, 7) is 3.62. The second-order valence-corrected chi connectivity index (χ2v) is 7.31. The van der Waals surface area contributed by atoms with E-state index in [1.807, 2.05) is 19.1 Å². The van der Waals surface area contributed by atoms with E-state index in [1.54, 1.807) is 6.20 Å². The summed E-state index contributed by atoms with van der Waals surface area (Å²) in [6.07, 6.45) is 4.65. The maximum absolute atomic E-state index is 12.4. The van der Waals surface area contributed by atoms with Crippen LogP contribution < -0.4 is 5.32 Å². The Hall–Kier alpha value is -2.72. The zero-order chi connectivity index (χ0) is 18.6. The van der Waals surface area contributed by atoms with Gasteiger partial charge in [-0.05, 0) is 47.7 Å². The standard InChI is InChI=1S/C23H25N3O/c1-17-6-5-14-24-23(17)25-22(27)13-15-26(20-11-12-20)16-19-9-4-8-18-7-2-3-10-21(18)19/h2-10,14,20H,11-13,15-16H2,1H3,(H,24,25,27). The van der Waals surface area contributed by atoms with Crippen LogP contribution in [-0.4, -0.2) is 28.4 Å². The minimum atomic E-state index is 0.0281. The topological polar surface area (TPSA) is 45.2 Å². The van der Waals surface area contributed by atoms with E-state index in [-0.39, 0.29) is 5.91 Å². The predicted octanol–water partition coefficient (Wildman–Crippen LogP) is 4.54. The number of amides is 1. The van der Waals surface area contributed by atoms with Crippen molar-refractivity contribution in [2.24, 2.45) is 0 Å². The Morgan fingerprint density at radius 2 is 1.93 bits per heavy atom. The third-order valence-corrected chi connectivity index (χ3v) is 5.21. The lowest BCUT2D eigenvalue weighted by Gasteiger charge is -2.22. The molecule has 0 bridgehead atoms. The van der Waals surface area contributed by atoms with Gasteiger partial charge in [-0.1, -0.05) is 48.5 Å². The number of carbonyl (C=O) groups is 1. The molecule has 1 aromatic heterocycles. The van der Waals surface area contributed by atoms with Gasteiger partial charge in [0.15, 0.2) is 0 Å². The largest absolute Gasteiger partial charge is 0.310 e. The average molecular weight is 359 g/mol. The summed E-state index contributed by atoms with van der Waals surface area (Å²) in [5.41, 5.74) is 2.32. The molecule has 1 aliphatic carbocycles. The SMILES string of the molecule is Cc1cccnc1NC(=O)CCN(Cc1cccc2ccccc12)C1CC1. The second kappa shape index (κ2) is 7.89. The van der Waals surface area contributed by atoms with E-state index in [0.29, 0.717) is 18.3 Å². The summed E-state index contributed by atoms with van der Waals surface area (Å²) < 4.78 is 0. The molecule has 1 aliphatic rings. The van der Waals surface area contributed by atoms with Crippen LogP contribution in [0, 0.1) is 6.92 Å². The zero-order valence-corrected chi connectivity index (χ0v) is 15.7. The number of hydrogen-bond donors (Lipinski definition) is 1. The zero-order valence-electron chi connectivity index (χ0n) is 15.7. The first kappa shape index (κ1) is 17.7. The molecule has 1 amide bonds. The van der Waals surface area contributed by atoms with Gasteiger partial charge in [-0.25, -0.2) is 4.98 Å². The average Bonchev–Trinajstić information content (AvgIpc) is 3.52. The first-order chi connectivity index (χ1) is 13.2. The molecule has 1 heterocycles. The Morgan fingerprint density at radius 1 is 1.11 bits per heavy atom. The second-order valence-electron chi connectivity index (χ2n) is 7.31. The fourth-order valence-electron chi connectivity index (χ4n) is 3.54. The molecule has 0 spiro atoms. The number of aromatic nitrogens is 1. The molecule has 1 saturated carbocycles. The summed E-state index contributed by atoms with van der Waals surface area (Å²) in [5, 5.41) is 5.52. The quantitative estimate of drug-likeness (QED) is 0.674. The Kier molecular flexibility index (Phi) is 5.16. The van der Waals surface area contributed by atoms with Crippen molar-refractivity contribution < 1.29 is 4.79 Å². The van der Waals surface area contributed by atoms with Crippen LogP contribution in [0.2, 0.25) is 0 Å². The Labute approximate surface area is 160 Å². The van der Waals surface area contributed by atoms with Gasteiger partial charge >= 0.3 is 0 Å². The molecule has 2 aromatic carbocycles. The van der Waals surface area contributed by atoms with Crippen molar-refractivity contribution in [1.82, 2.24) is 9.88 Å². The first-order valence-electron chi connectivity index (χ1n) is 9.63. The van der Waals surface area contributed by atoms with Crippen LogP contribution in [0.4, 0.5) is 5.82 Å². The number of rotatable bonds is 7. The van der Waals surface area contributed by atoms with Gasteiger partial charge in [-0.3, -0.25) is 9.69 Å². The maximum atomic E-state index is 12.4. The first-order valence-corrected chi connectivity index (χ1v) is 9.63. The minimum Gasteiger partial charge on any atom is -0.310 e. The fourth-order valence-corrected chi connectivity index (χ4v) is 3.54. The van der Waals surface area contributed by atoms with Gasteiger partial charge in [0.2, 0.25) is 5.91 Å². The normalized spacial score (nSPS) is 13.9. The lowest BCUT2D eigenvalue weighted by molar-refractivity contribution is -0.116. The van der Waals surface area contributed by atoms with Gasteiger partial charge in [-0.15, -0.1) is 0 Å². The van der Waals surface area contributed by atoms with E-state index >= 15 is 0 Å². The number of nitrogens with one attached hydrogen (secondary N) is 1. The minimum absolute atomic E-state index is 0.0281. The molecule has 1 fully saturated rings. The number of aryl methyl sites for hydroxylation is 1. The van der Waals surface area contributed by atoms with Gasteiger partial charge in [0.25, 0.3) is 0 Å². The molecular weight excluding hydrogens is 334 g/mol. The van der Waals surface area contributed by atoms with E-state index in [9.17, 15) is 4.79 Å². The van der Waals surface area contributed by atoms with E-state index in [1.165, 1.54) is 29.2 Å². The predicted molar refractivity (Wildman–Crippen MR) is 110 cm³/mol. The number of anilines is 1. The molecule has 0 atom stereocenters. The maximum Gasteiger partial charge on any atom is 0.226 e. The van der Waals surface area contributed by atoms with Crippen LogP contribution in [0.25, 0.3) is 10.8 Å². The lowest BCUT2D eigenvalue weighted by atomic mass is 10.0. The van der Waals surface area contributed by atoms with Gasteiger partial charge in [-0.2, -0.15) is 0 Å². The molecule has 0 radical (unpaired) electrons. The molecule has 1 N–H and O–H groups in total. The smallest absolute Gasteiger partial charge is 0.226 e. The highest BCUT2D eigenvalue weighted by molar-refractivity contribution is 5.90. The fraction of sp³-hybridized carbons (Fsp3) is 0.304. The van der Waals surface area contributed by atoms with Crippen molar-refractivity contribution in [1.29, 1.82) is 0 Å². The van der Waals surface area contributed by atoms with E-state index in [4.69, 9.17) is 0 Å². The van der Waals surface area contributed by atoms with E-state index in [2.05, 4.69) is 57.7 Å². The molecule has 27 heavy (non-hydrogen) atoms. The van der Waals surface area contributed by atoms with Crippen molar-refractivity contribution in [3.63, 3.8) is 0 Å². The highest BCUT2D eigenvalue weighted by Gasteiger charge is 2.29. The Morgan fingerprint density at radius 3 is 2.74 bits per heavy atom. The third-order valence-electron chi connectivity index (χ3n) is 5.21.